The number of hydrogen-bond acceptors (Lipinski definition) is 1. The number of allylic oxidation sites excluding steroid dienone is 2. The van der Waals surface area contributed by atoms with Gasteiger partial charge in [0, 0.05) is 0 Å². The minimum Gasteiger partial charge on any atom is -0.457 e. The molecule has 0 amide bonds. The van der Waals surface area contributed by atoms with E-state index in [-0.39, 0.29) is 0 Å². The van der Waals surface area contributed by atoms with Gasteiger partial charge in [-0.2, -0.15) is 0 Å². The molecule has 0 spiro atoms. The van der Waals surface area contributed by atoms with Crippen molar-refractivity contribution < 1.29 is 4.74 Å². The summed E-state index contributed by atoms with van der Waals surface area (Å²) in [5.74, 6) is 1.71. The number of benzene rings is 3. The number of rotatable bonds is 5. The molecule has 2 heteroatoms. The van der Waals surface area contributed by atoms with Crippen LogP contribution in [0.25, 0.3) is 11.1 Å². The highest BCUT2D eigenvalue weighted by molar-refractivity contribution is 6.88. The average molecular weight is 373 g/mol. The normalized spacial score (nSPS) is 12.5. The van der Waals surface area contributed by atoms with Gasteiger partial charge in [-0.3, -0.25) is 0 Å². The van der Waals surface area contributed by atoms with Crippen LogP contribution in [0.15, 0.2) is 78.9 Å². The molecule has 27 heavy (non-hydrogen) atoms. The second-order valence-electron chi connectivity index (χ2n) is 8.02. The molecule has 0 aliphatic carbocycles. The Labute approximate surface area is 164 Å². The molecule has 0 unspecified atom stereocenters. The number of para-hydroxylation sites is 1. The zero-order valence-corrected chi connectivity index (χ0v) is 17.9. The molecule has 3 rings (SSSR count). The Morgan fingerprint density at radius 2 is 1.04 bits per heavy atom. The van der Waals surface area contributed by atoms with Gasteiger partial charge in [-0.25, -0.2) is 0 Å². The fourth-order valence-electron chi connectivity index (χ4n) is 3.05. The lowest BCUT2D eigenvalue weighted by Gasteiger charge is -2.17. The summed E-state index contributed by atoms with van der Waals surface area (Å²) >= 11 is 0. The molecule has 0 saturated carbocycles. The molecule has 0 atom stereocenters. The zero-order chi connectivity index (χ0) is 19.4. The first-order chi connectivity index (χ1) is 12.8. The zero-order valence-electron chi connectivity index (χ0n) is 16.9. The van der Waals surface area contributed by atoms with Crippen LogP contribution in [0.5, 0.6) is 11.5 Å². The Bertz CT molecular complexity index is 915. The standard InChI is InChI=1S/C25H28OSi/c1-19(20(2)22-13-17-25(18-14-22)27(3,4)5)21-11-15-24(16-12-21)26-23-9-7-6-8-10-23/h6-18H,1-5H3/b20-19-. The van der Waals surface area contributed by atoms with Gasteiger partial charge in [-0.15, -0.1) is 0 Å². The third-order valence-corrected chi connectivity index (χ3v) is 7.08. The fourth-order valence-corrected chi connectivity index (χ4v) is 4.22. The van der Waals surface area contributed by atoms with E-state index in [1.807, 2.05) is 42.5 Å². The highest BCUT2D eigenvalue weighted by atomic mass is 28.3. The minimum absolute atomic E-state index is 0.856. The van der Waals surface area contributed by atoms with Crippen molar-refractivity contribution in [1.82, 2.24) is 0 Å². The molecule has 0 heterocycles. The van der Waals surface area contributed by atoms with Crippen molar-refractivity contribution in [2.24, 2.45) is 0 Å². The van der Waals surface area contributed by atoms with E-state index in [9.17, 15) is 0 Å². The van der Waals surface area contributed by atoms with Gasteiger partial charge in [0.1, 0.15) is 11.5 Å². The van der Waals surface area contributed by atoms with E-state index in [1.54, 1.807) is 0 Å². The second-order valence-corrected chi connectivity index (χ2v) is 13.1. The molecule has 0 radical (unpaired) electrons. The van der Waals surface area contributed by atoms with Crippen LogP contribution in [0, 0.1) is 0 Å². The summed E-state index contributed by atoms with van der Waals surface area (Å²) in [5.41, 5.74) is 5.12. The van der Waals surface area contributed by atoms with Crippen LogP contribution in [0.1, 0.15) is 25.0 Å². The van der Waals surface area contributed by atoms with Gasteiger partial charge in [-0.1, -0.05) is 79.4 Å². The summed E-state index contributed by atoms with van der Waals surface area (Å²) in [6.45, 7) is 11.5. The molecule has 0 saturated heterocycles. The molecular formula is C25H28OSi. The van der Waals surface area contributed by atoms with Crippen molar-refractivity contribution in [3.05, 3.63) is 90.0 Å². The maximum atomic E-state index is 5.89. The summed E-state index contributed by atoms with van der Waals surface area (Å²) in [5, 5.41) is 1.50. The second kappa shape index (κ2) is 7.97. The molecular weight excluding hydrogens is 344 g/mol. The first-order valence-electron chi connectivity index (χ1n) is 9.46. The lowest BCUT2D eigenvalue weighted by molar-refractivity contribution is 0.482. The van der Waals surface area contributed by atoms with E-state index in [2.05, 4.69) is 69.9 Å². The number of hydrogen-bond donors (Lipinski definition) is 0. The Balaban J connectivity index is 1.80. The Kier molecular flexibility index (Phi) is 5.67. The van der Waals surface area contributed by atoms with Crippen molar-refractivity contribution in [1.29, 1.82) is 0 Å². The molecule has 0 bridgehead atoms. The first-order valence-corrected chi connectivity index (χ1v) is 13.0. The van der Waals surface area contributed by atoms with E-state index < -0.39 is 8.07 Å². The summed E-state index contributed by atoms with van der Waals surface area (Å²) in [6, 6.07) is 27.3. The molecule has 0 aliphatic rings. The topological polar surface area (TPSA) is 9.23 Å². The molecule has 0 fully saturated rings. The van der Waals surface area contributed by atoms with Crippen molar-refractivity contribution in [3.63, 3.8) is 0 Å². The quantitative estimate of drug-likeness (QED) is 0.347. The minimum atomic E-state index is -1.25. The van der Waals surface area contributed by atoms with E-state index in [1.165, 1.54) is 27.5 Å². The third kappa shape index (κ3) is 4.78. The smallest absolute Gasteiger partial charge is 0.127 e. The van der Waals surface area contributed by atoms with Gasteiger partial charge < -0.3 is 4.74 Å². The van der Waals surface area contributed by atoms with Gasteiger partial charge in [0.05, 0.1) is 8.07 Å². The summed E-state index contributed by atoms with van der Waals surface area (Å²) in [7, 11) is -1.25. The van der Waals surface area contributed by atoms with Crippen LogP contribution < -0.4 is 9.92 Å². The fraction of sp³-hybridized carbons (Fsp3) is 0.200. The van der Waals surface area contributed by atoms with Gasteiger partial charge in [-0.05, 0) is 60.4 Å². The van der Waals surface area contributed by atoms with Crippen molar-refractivity contribution >= 4 is 24.4 Å². The van der Waals surface area contributed by atoms with Gasteiger partial charge in [0.2, 0.25) is 0 Å². The van der Waals surface area contributed by atoms with Gasteiger partial charge >= 0.3 is 0 Å². The van der Waals surface area contributed by atoms with Crippen LogP contribution in [-0.4, -0.2) is 8.07 Å². The van der Waals surface area contributed by atoms with Crippen LogP contribution in [0.2, 0.25) is 19.6 Å². The Morgan fingerprint density at radius 1 is 0.593 bits per heavy atom. The largest absolute Gasteiger partial charge is 0.457 e. The van der Waals surface area contributed by atoms with E-state index in [0.717, 1.165) is 11.5 Å². The lowest BCUT2D eigenvalue weighted by atomic mass is 9.97. The summed E-state index contributed by atoms with van der Waals surface area (Å²) < 4.78 is 5.89. The van der Waals surface area contributed by atoms with Crippen molar-refractivity contribution in [2.75, 3.05) is 0 Å². The maximum absolute atomic E-state index is 5.89. The molecule has 138 valence electrons. The highest BCUT2D eigenvalue weighted by Crippen LogP contribution is 2.28. The first kappa shape index (κ1) is 19.2. The van der Waals surface area contributed by atoms with Crippen LogP contribution >= 0.6 is 0 Å². The molecule has 0 N–H and O–H groups in total. The van der Waals surface area contributed by atoms with E-state index in [4.69, 9.17) is 4.74 Å². The monoisotopic (exact) mass is 372 g/mol. The van der Waals surface area contributed by atoms with Crippen molar-refractivity contribution in [3.8, 4) is 11.5 Å². The highest BCUT2D eigenvalue weighted by Gasteiger charge is 2.16. The predicted molar refractivity (Wildman–Crippen MR) is 121 cm³/mol. The lowest BCUT2D eigenvalue weighted by Crippen LogP contribution is -2.37. The SMILES string of the molecule is C/C(=C(\C)c1ccc([Si](C)(C)C)cc1)c1ccc(Oc2ccccc2)cc1. The van der Waals surface area contributed by atoms with Crippen LogP contribution in [0.3, 0.4) is 0 Å². The van der Waals surface area contributed by atoms with E-state index in [0.29, 0.717) is 0 Å². The molecule has 3 aromatic carbocycles. The van der Waals surface area contributed by atoms with Gasteiger partial charge in [0.25, 0.3) is 0 Å². The Morgan fingerprint density at radius 3 is 1.52 bits per heavy atom. The van der Waals surface area contributed by atoms with E-state index >= 15 is 0 Å². The molecule has 0 aromatic heterocycles. The summed E-state index contributed by atoms with van der Waals surface area (Å²) in [4.78, 5) is 0. The third-order valence-electron chi connectivity index (χ3n) is 5.01. The predicted octanol–water partition coefficient (Wildman–Crippen LogP) is 6.97. The van der Waals surface area contributed by atoms with Crippen molar-refractivity contribution in [2.45, 2.75) is 33.5 Å². The van der Waals surface area contributed by atoms with Crippen LogP contribution in [0.4, 0.5) is 0 Å². The molecule has 0 aliphatic heterocycles. The molecule has 3 aromatic rings. The summed E-state index contributed by atoms with van der Waals surface area (Å²) in [6.07, 6.45) is 0. The number of ether oxygens (including phenoxy) is 1. The van der Waals surface area contributed by atoms with Gasteiger partial charge in [0.15, 0.2) is 0 Å². The average Bonchev–Trinajstić information content (AvgIpc) is 2.68. The molecule has 1 nitrogen and oxygen atoms in total. The van der Waals surface area contributed by atoms with Crippen LogP contribution in [-0.2, 0) is 0 Å². The maximum Gasteiger partial charge on any atom is 0.127 e. The Hall–Kier alpha value is -2.58.